The first-order valence-electron chi connectivity index (χ1n) is 8.87. The zero-order chi connectivity index (χ0) is 19.6. The second-order valence-corrected chi connectivity index (χ2v) is 6.47. The van der Waals surface area contributed by atoms with Gasteiger partial charge in [0, 0.05) is 24.8 Å². The van der Waals surface area contributed by atoms with Crippen LogP contribution in [-0.4, -0.2) is 55.4 Å². The lowest BCUT2D eigenvalue weighted by atomic mass is 10.1. The van der Waals surface area contributed by atoms with Gasteiger partial charge in [0.1, 0.15) is 11.5 Å². The summed E-state index contributed by atoms with van der Waals surface area (Å²) in [4.78, 5) is 30.5. The Hall–Kier alpha value is -2.80. The number of amides is 2. The molecule has 0 aliphatic heterocycles. The molecule has 6 nitrogen and oxygen atoms in total. The van der Waals surface area contributed by atoms with Crippen molar-refractivity contribution in [1.82, 2.24) is 20.5 Å². The number of carbonyl (C=O) groups excluding carboxylic acids is 2. The lowest BCUT2D eigenvalue weighted by Gasteiger charge is -2.10. The molecule has 2 N–H and O–H groups in total. The van der Waals surface area contributed by atoms with Crippen molar-refractivity contribution in [2.24, 2.45) is 0 Å². The predicted molar refractivity (Wildman–Crippen MR) is 102 cm³/mol. The van der Waals surface area contributed by atoms with Crippen LogP contribution >= 0.6 is 0 Å². The first-order chi connectivity index (χ1) is 13.0. The molecule has 27 heavy (non-hydrogen) atoms. The smallest absolute Gasteiger partial charge is 0.269 e. The Morgan fingerprint density at radius 1 is 1.04 bits per heavy atom. The standard InChI is InChI=1S/C20H25FN4O2/c1-25(2)13-3-10-23-20(27)18-14-16(9-12-22-18)19(26)24-11-8-15-4-6-17(21)7-5-15/h4-7,9,12,14H,3,8,10-11,13H2,1-2H3,(H,23,27)(H,24,26). The van der Waals surface area contributed by atoms with Gasteiger partial charge in [-0.05, 0) is 63.3 Å². The zero-order valence-electron chi connectivity index (χ0n) is 15.7. The van der Waals surface area contributed by atoms with E-state index >= 15 is 0 Å². The minimum absolute atomic E-state index is 0.214. The minimum Gasteiger partial charge on any atom is -0.352 e. The lowest BCUT2D eigenvalue weighted by Crippen LogP contribution is -2.29. The fraction of sp³-hybridized carbons (Fsp3) is 0.350. The summed E-state index contributed by atoms with van der Waals surface area (Å²) in [6.45, 7) is 1.84. The van der Waals surface area contributed by atoms with E-state index < -0.39 is 0 Å². The summed E-state index contributed by atoms with van der Waals surface area (Å²) in [6, 6.07) is 9.21. The zero-order valence-corrected chi connectivity index (χ0v) is 15.7. The highest BCUT2D eigenvalue weighted by Crippen LogP contribution is 2.05. The summed E-state index contributed by atoms with van der Waals surface area (Å²) >= 11 is 0. The van der Waals surface area contributed by atoms with Crippen LogP contribution in [0.15, 0.2) is 42.6 Å². The SMILES string of the molecule is CN(C)CCCNC(=O)c1cc(C(=O)NCCc2ccc(F)cc2)ccn1. The third-order valence-electron chi connectivity index (χ3n) is 3.93. The van der Waals surface area contributed by atoms with Crippen LogP contribution in [0.25, 0.3) is 0 Å². The molecular formula is C20H25FN4O2. The quantitative estimate of drug-likeness (QED) is 0.659. The summed E-state index contributed by atoms with van der Waals surface area (Å²) in [7, 11) is 3.95. The molecule has 0 saturated heterocycles. The maximum Gasteiger partial charge on any atom is 0.269 e. The van der Waals surface area contributed by atoms with Crippen LogP contribution in [0.4, 0.5) is 4.39 Å². The van der Waals surface area contributed by atoms with E-state index in [1.165, 1.54) is 24.4 Å². The van der Waals surface area contributed by atoms with E-state index in [0.717, 1.165) is 18.5 Å². The number of hydrogen-bond acceptors (Lipinski definition) is 4. The molecule has 0 aliphatic rings. The minimum atomic E-state index is -0.297. The summed E-state index contributed by atoms with van der Waals surface area (Å²) < 4.78 is 12.9. The van der Waals surface area contributed by atoms with Crippen molar-refractivity contribution in [3.63, 3.8) is 0 Å². The van der Waals surface area contributed by atoms with Gasteiger partial charge in [-0.1, -0.05) is 12.1 Å². The van der Waals surface area contributed by atoms with E-state index in [1.54, 1.807) is 18.2 Å². The maximum atomic E-state index is 12.9. The molecule has 0 unspecified atom stereocenters. The molecular weight excluding hydrogens is 347 g/mol. The van der Waals surface area contributed by atoms with E-state index in [9.17, 15) is 14.0 Å². The van der Waals surface area contributed by atoms with Crippen molar-refractivity contribution in [2.45, 2.75) is 12.8 Å². The first kappa shape index (κ1) is 20.5. The van der Waals surface area contributed by atoms with Crippen molar-refractivity contribution in [2.75, 3.05) is 33.7 Å². The molecule has 2 rings (SSSR count). The Morgan fingerprint density at radius 3 is 2.44 bits per heavy atom. The lowest BCUT2D eigenvalue weighted by molar-refractivity contribution is 0.0947. The molecule has 7 heteroatoms. The first-order valence-corrected chi connectivity index (χ1v) is 8.87. The van der Waals surface area contributed by atoms with Gasteiger partial charge in [-0.15, -0.1) is 0 Å². The van der Waals surface area contributed by atoms with Crippen LogP contribution in [0.5, 0.6) is 0 Å². The molecule has 2 aromatic rings. The normalized spacial score (nSPS) is 10.7. The molecule has 0 bridgehead atoms. The van der Waals surface area contributed by atoms with Gasteiger partial charge in [-0.2, -0.15) is 0 Å². The summed E-state index contributed by atoms with van der Waals surface area (Å²) in [6.07, 6.45) is 2.88. The van der Waals surface area contributed by atoms with Gasteiger partial charge in [0.25, 0.3) is 11.8 Å². The van der Waals surface area contributed by atoms with Crippen molar-refractivity contribution < 1.29 is 14.0 Å². The number of benzene rings is 1. The molecule has 2 amide bonds. The van der Waals surface area contributed by atoms with Gasteiger partial charge >= 0.3 is 0 Å². The molecule has 0 atom stereocenters. The maximum absolute atomic E-state index is 12.9. The van der Waals surface area contributed by atoms with Crippen LogP contribution in [0.2, 0.25) is 0 Å². The predicted octanol–water partition coefficient (Wildman–Crippen LogP) is 1.87. The Kier molecular flexibility index (Phi) is 7.88. The fourth-order valence-electron chi connectivity index (χ4n) is 2.46. The highest BCUT2D eigenvalue weighted by atomic mass is 19.1. The topological polar surface area (TPSA) is 74.3 Å². The molecule has 0 radical (unpaired) electrons. The largest absolute Gasteiger partial charge is 0.352 e. The second-order valence-electron chi connectivity index (χ2n) is 6.47. The number of pyridine rings is 1. The molecule has 0 aliphatic carbocycles. The second kappa shape index (κ2) is 10.4. The number of hydrogen-bond donors (Lipinski definition) is 2. The van der Waals surface area contributed by atoms with Crippen molar-refractivity contribution >= 4 is 11.8 Å². The van der Waals surface area contributed by atoms with Gasteiger partial charge in [0.05, 0.1) is 0 Å². The average molecular weight is 372 g/mol. The van der Waals surface area contributed by atoms with Gasteiger partial charge in [0.2, 0.25) is 0 Å². The summed E-state index contributed by atoms with van der Waals surface area (Å²) in [5.41, 5.74) is 1.53. The van der Waals surface area contributed by atoms with Crippen LogP contribution in [0, 0.1) is 5.82 Å². The Morgan fingerprint density at radius 2 is 1.74 bits per heavy atom. The molecule has 0 saturated carbocycles. The molecule has 1 aromatic carbocycles. The Labute approximate surface area is 158 Å². The molecule has 0 spiro atoms. The third kappa shape index (κ3) is 7.15. The van der Waals surface area contributed by atoms with Crippen molar-refractivity contribution in [1.29, 1.82) is 0 Å². The Balaban J connectivity index is 1.83. The highest BCUT2D eigenvalue weighted by Gasteiger charge is 2.11. The van der Waals surface area contributed by atoms with Gasteiger partial charge in [-0.3, -0.25) is 14.6 Å². The van der Waals surface area contributed by atoms with Gasteiger partial charge in [0.15, 0.2) is 0 Å². The fourth-order valence-corrected chi connectivity index (χ4v) is 2.46. The van der Waals surface area contributed by atoms with E-state index in [4.69, 9.17) is 0 Å². The van der Waals surface area contributed by atoms with Crippen molar-refractivity contribution in [3.8, 4) is 0 Å². The summed E-state index contributed by atoms with van der Waals surface area (Å²) in [5.74, 6) is -0.858. The van der Waals surface area contributed by atoms with Crippen LogP contribution in [-0.2, 0) is 6.42 Å². The van der Waals surface area contributed by atoms with Crippen LogP contribution in [0.3, 0.4) is 0 Å². The van der Waals surface area contributed by atoms with Gasteiger partial charge < -0.3 is 15.5 Å². The number of rotatable bonds is 9. The van der Waals surface area contributed by atoms with E-state index in [0.29, 0.717) is 25.1 Å². The summed E-state index contributed by atoms with van der Waals surface area (Å²) in [5, 5.41) is 5.59. The monoisotopic (exact) mass is 372 g/mol. The number of aromatic nitrogens is 1. The van der Waals surface area contributed by atoms with E-state index in [-0.39, 0.29) is 23.3 Å². The number of carbonyl (C=O) groups is 2. The van der Waals surface area contributed by atoms with E-state index in [1.807, 2.05) is 19.0 Å². The number of nitrogens with one attached hydrogen (secondary N) is 2. The van der Waals surface area contributed by atoms with Crippen molar-refractivity contribution in [3.05, 3.63) is 65.2 Å². The molecule has 1 aromatic heterocycles. The number of halogens is 1. The third-order valence-corrected chi connectivity index (χ3v) is 3.93. The molecule has 1 heterocycles. The molecule has 0 fully saturated rings. The molecule has 144 valence electrons. The average Bonchev–Trinajstić information content (AvgIpc) is 2.66. The van der Waals surface area contributed by atoms with Crippen LogP contribution in [0.1, 0.15) is 32.8 Å². The van der Waals surface area contributed by atoms with Gasteiger partial charge in [-0.25, -0.2) is 4.39 Å². The van der Waals surface area contributed by atoms with E-state index in [2.05, 4.69) is 15.6 Å². The van der Waals surface area contributed by atoms with Crippen LogP contribution < -0.4 is 10.6 Å². The highest BCUT2D eigenvalue weighted by molar-refractivity contribution is 5.98. The Bertz CT molecular complexity index is 763. The number of nitrogens with zero attached hydrogens (tertiary/aromatic N) is 2.